The Morgan fingerprint density at radius 1 is 0.429 bits per heavy atom. The van der Waals surface area contributed by atoms with Crippen molar-refractivity contribution >= 4 is 32.6 Å². The number of hydrogen-bond acceptors (Lipinski definition) is 2. The molecular formula is C46H33N3. The minimum Gasteiger partial charge on any atom is -0.309 e. The van der Waals surface area contributed by atoms with Crippen LogP contribution in [-0.4, -0.2) is 14.5 Å². The normalized spacial score (nSPS) is 11.5. The Bertz CT molecular complexity index is 2680. The van der Waals surface area contributed by atoms with Crippen molar-refractivity contribution in [2.24, 2.45) is 0 Å². The van der Waals surface area contributed by atoms with Crippen molar-refractivity contribution in [1.82, 2.24) is 14.5 Å². The molecule has 3 nitrogen and oxygen atoms in total. The molecule has 0 amide bonds. The first-order chi connectivity index (χ1) is 24.1. The van der Waals surface area contributed by atoms with Gasteiger partial charge in [-0.3, -0.25) is 9.97 Å². The number of aromatic nitrogens is 3. The highest BCUT2D eigenvalue weighted by atomic mass is 15.0. The molecule has 0 aliphatic carbocycles. The molecule has 0 radical (unpaired) electrons. The van der Waals surface area contributed by atoms with Gasteiger partial charge in [0.05, 0.1) is 22.4 Å². The van der Waals surface area contributed by atoms with Crippen molar-refractivity contribution in [3.05, 3.63) is 175 Å². The van der Waals surface area contributed by atoms with Crippen LogP contribution in [0.4, 0.5) is 0 Å². The summed E-state index contributed by atoms with van der Waals surface area (Å²) in [5.41, 5.74) is 14.9. The van der Waals surface area contributed by atoms with Gasteiger partial charge in [-0.25, -0.2) is 0 Å². The Hall–Kier alpha value is -6.32. The molecule has 0 fully saturated rings. The lowest BCUT2D eigenvalue weighted by molar-refractivity contribution is 1.19. The minimum atomic E-state index is 0.987. The molecule has 0 N–H and O–H groups in total. The third-order valence-corrected chi connectivity index (χ3v) is 9.62. The zero-order valence-corrected chi connectivity index (χ0v) is 27.4. The highest BCUT2D eigenvalue weighted by molar-refractivity contribution is 6.19. The fourth-order valence-corrected chi connectivity index (χ4v) is 7.30. The molecule has 0 spiro atoms. The predicted molar refractivity (Wildman–Crippen MR) is 205 cm³/mol. The monoisotopic (exact) mass is 627 g/mol. The first-order valence-electron chi connectivity index (χ1n) is 16.7. The number of fused-ring (bicyclic) bond motifs is 5. The molecule has 0 bridgehead atoms. The zero-order chi connectivity index (χ0) is 32.9. The van der Waals surface area contributed by atoms with Gasteiger partial charge < -0.3 is 4.57 Å². The van der Waals surface area contributed by atoms with Gasteiger partial charge in [0, 0.05) is 45.4 Å². The fraction of sp³-hybridized carbons (Fsp3) is 0.0435. The van der Waals surface area contributed by atoms with Crippen molar-refractivity contribution in [3.63, 3.8) is 0 Å². The standard InChI is InChI=1S/C46H33N3/c1-30-22-24-47-43(26-30)39-14-8-6-12-36(39)32-16-19-38-33(28-32)18-21-42-41-20-17-34(29-45(41)49(46(38)42)35-10-4-3-5-11-35)37-13-7-9-15-40(37)44-27-31(2)23-25-48-44/h3-29H,1-2H3. The Balaban J connectivity index is 1.27. The Morgan fingerprint density at radius 3 is 1.57 bits per heavy atom. The average molecular weight is 628 g/mol. The average Bonchev–Trinajstić information content (AvgIpc) is 3.49. The van der Waals surface area contributed by atoms with Crippen molar-refractivity contribution in [2.45, 2.75) is 13.8 Å². The third-order valence-electron chi connectivity index (χ3n) is 9.62. The molecule has 0 saturated carbocycles. The Kier molecular flexibility index (Phi) is 6.91. The number of benzene rings is 6. The first kappa shape index (κ1) is 28.9. The van der Waals surface area contributed by atoms with Gasteiger partial charge in [-0.2, -0.15) is 0 Å². The largest absolute Gasteiger partial charge is 0.309 e. The molecule has 49 heavy (non-hydrogen) atoms. The zero-order valence-electron chi connectivity index (χ0n) is 27.4. The molecule has 0 unspecified atom stereocenters. The summed E-state index contributed by atoms with van der Waals surface area (Å²) >= 11 is 0. The lowest BCUT2D eigenvalue weighted by Crippen LogP contribution is -1.95. The summed E-state index contributed by atoms with van der Waals surface area (Å²) < 4.78 is 2.44. The van der Waals surface area contributed by atoms with Gasteiger partial charge in [0.1, 0.15) is 0 Å². The van der Waals surface area contributed by atoms with Crippen LogP contribution >= 0.6 is 0 Å². The lowest BCUT2D eigenvalue weighted by Gasteiger charge is -2.13. The number of nitrogens with zero attached hydrogens (tertiary/aromatic N) is 3. The van der Waals surface area contributed by atoms with Gasteiger partial charge >= 0.3 is 0 Å². The van der Waals surface area contributed by atoms with E-state index < -0.39 is 0 Å². The molecule has 6 aromatic carbocycles. The van der Waals surface area contributed by atoms with E-state index in [1.54, 1.807) is 0 Å². The van der Waals surface area contributed by atoms with Crippen LogP contribution in [0.3, 0.4) is 0 Å². The van der Waals surface area contributed by atoms with Crippen molar-refractivity contribution in [2.75, 3.05) is 0 Å². The van der Waals surface area contributed by atoms with Crippen LogP contribution < -0.4 is 0 Å². The summed E-state index contributed by atoms with van der Waals surface area (Å²) in [6.07, 6.45) is 3.79. The third kappa shape index (κ3) is 4.99. The van der Waals surface area contributed by atoms with E-state index in [0.29, 0.717) is 0 Å². The highest BCUT2D eigenvalue weighted by Gasteiger charge is 2.18. The van der Waals surface area contributed by atoms with E-state index in [2.05, 4.69) is 158 Å². The molecule has 0 aliphatic rings. The second-order valence-electron chi connectivity index (χ2n) is 12.8. The van der Waals surface area contributed by atoms with E-state index in [4.69, 9.17) is 9.97 Å². The van der Waals surface area contributed by atoms with Gasteiger partial charge in [-0.1, -0.05) is 103 Å². The van der Waals surface area contributed by atoms with E-state index in [0.717, 1.165) is 28.2 Å². The van der Waals surface area contributed by atoms with Crippen LogP contribution in [0.15, 0.2) is 164 Å². The topological polar surface area (TPSA) is 30.7 Å². The van der Waals surface area contributed by atoms with Crippen LogP contribution in [0.1, 0.15) is 11.1 Å². The molecule has 232 valence electrons. The number of hydrogen-bond donors (Lipinski definition) is 0. The summed E-state index contributed by atoms with van der Waals surface area (Å²) in [5, 5.41) is 4.89. The van der Waals surface area contributed by atoms with E-state index >= 15 is 0 Å². The van der Waals surface area contributed by atoms with Crippen molar-refractivity contribution in [3.8, 4) is 50.5 Å². The van der Waals surface area contributed by atoms with Gasteiger partial charge in [0.15, 0.2) is 0 Å². The Labute approximate surface area is 285 Å². The van der Waals surface area contributed by atoms with Gasteiger partial charge in [-0.05, 0) is 101 Å². The minimum absolute atomic E-state index is 0.987. The fourth-order valence-electron chi connectivity index (χ4n) is 7.30. The van der Waals surface area contributed by atoms with Gasteiger partial charge in [0.25, 0.3) is 0 Å². The molecule has 9 rings (SSSR count). The molecule has 3 heterocycles. The van der Waals surface area contributed by atoms with Crippen LogP contribution in [0.25, 0.3) is 83.0 Å². The smallest absolute Gasteiger partial charge is 0.0710 e. The SMILES string of the molecule is Cc1ccnc(-c2ccccc2-c2ccc3c(ccc4c5ccc(-c6ccccc6-c6cc(C)ccn6)cc5n(-c5ccccc5)c34)c2)c1. The van der Waals surface area contributed by atoms with Crippen LogP contribution in [-0.2, 0) is 0 Å². The second kappa shape index (κ2) is 11.7. The van der Waals surface area contributed by atoms with Crippen LogP contribution in [0, 0.1) is 13.8 Å². The maximum atomic E-state index is 4.74. The number of pyridine rings is 2. The van der Waals surface area contributed by atoms with Crippen LogP contribution in [0.5, 0.6) is 0 Å². The maximum absolute atomic E-state index is 4.74. The molecule has 3 heteroatoms. The molecule has 0 saturated heterocycles. The van der Waals surface area contributed by atoms with E-state index in [-0.39, 0.29) is 0 Å². The van der Waals surface area contributed by atoms with Crippen molar-refractivity contribution < 1.29 is 0 Å². The van der Waals surface area contributed by atoms with E-state index in [9.17, 15) is 0 Å². The number of para-hydroxylation sites is 1. The molecular weight excluding hydrogens is 595 g/mol. The summed E-state index contributed by atoms with van der Waals surface area (Å²) in [6.45, 7) is 4.23. The van der Waals surface area contributed by atoms with Crippen molar-refractivity contribution in [1.29, 1.82) is 0 Å². The predicted octanol–water partition coefficient (Wildman–Crippen LogP) is 12.0. The first-order valence-corrected chi connectivity index (χ1v) is 16.7. The van der Waals surface area contributed by atoms with E-state index in [1.807, 2.05) is 24.5 Å². The Morgan fingerprint density at radius 2 is 0.959 bits per heavy atom. The highest BCUT2D eigenvalue weighted by Crippen LogP contribution is 2.41. The molecule has 0 atom stereocenters. The molecule has 0 aliphatic heterocycles. The summed E-state index contributed by atoms with van der Waals surface area (Å²) in [7, 11) is 0. The second-order valence-corrected chi connectivity index (χ2v) is 12.8. The van der Waals surface area contributed by atoms with Gasteiger partial charge in [-0.15, -0.1) is 0 Å². The quantitative estimate of drug-likeness (QED) is 0.190. The summed E-state index contributed by atoms with van der Waals surface area (Å²) in [6, 6.07) is 54.7. The maximum Gasteiger partial charge on any atom is 0.0710 e. The molecule has 9 aromatic rings. The lowest BCUT2D eigenvalue weighted by atomic mass is 9.94. The molecule has 3 aromatic heterocycles. The number of rotatable bonds is 5. The summed E-state index contributed by atoms with van der Waals surface area (Å²) in [5.74, 6) is 0. The van der Waals surface area contributed by atoms with E-state index in [1.165, 1.54) is 66.0 Å². The number of aryl methyl sites for hydroxylation is 2. The van der Waals surface area contributed by atoms with Crippen LogP contribution in [0.2, 0.25) is 0 Å². The summed E-state index contributed by atoms with van der Waals surface area (Å²) in [4.78, 5) is 9.46. The van der Waals surface area contributed by atoms with Gasteiger partial charge in [0.2, 0.25) is 0 Å².